The van der Waals surface area contributed by atoms with Crippen LogP contribution >= 0.6 is 15.9 Å². The summed E-state index contributed by atoms with van der Waals surface area (Å²) in [6.45, 7) is 4.16. The molecule has 0 aliphatic rings. The molecule has 3 heteroatoms. The molecule has 2 aromatic rings. The number of hydrogen-bond donors (Lipinski definition) is 1. The van der Waals surface area contributed by atoms with Crippen molar-refractivity contribution in [3.8, 4) is 0 Å². The fourth-order valence-electron chi connectivity index (χ4n) is 1.51. The number of fused-ring (bicyclic) bond motifs is 1. The van der Waals surface area contributed by atoms with Crippen LogP contribution in [0.15, 0.2) is 33.4 Å². The summed E-state index contributed by atoms with van der Waals surface area (Å²) in [7, 11) is 0. The van der Waals surface area contributed by atoms with Crippen LogP contribution in [0.1, 0.15) is 19.4 Å². The van der Waals surface area contributed by atoms with Crippen molar-refractivity contribution >= 4 is 26.9 Å². The highest BCUT2D eigenvalue weighted by molar-refractivity contribution is 9.10. The Kier molecular flexibility index (Phi) is 2.61. The van der Waals surface area contributed by atoms with Crippen molar-refractivity contribution in [1.29, 1.82) is 0 Å². The topological polar surface area (TPSA) is 33.4 Å². The Labute approximate surface area is 97.0 Å². The van der Waals surface area contributed by atoms with E-state index < -0.39 is 0 Å². The van der Waals surface area contributed by atoms with Crippen molar-refractivity contribution < 1.29 is 9.52 Å². The molecule has 1 heterocycles. The quantitative estimate of drug-likeness (QED) is 0.905. The second-order valence-electron chi connectivity index (χ2n) is 4.34. The van der Waals surface area contributed by atoms with E-state index in [2.05, 4.69) is 22.0 Å². The van der Waals surface area contributed by atoms with E-state index in [-0.39, 0.29) is 12.0 Å². The molecular weight excluding hydrogens is 256 g/mol. The number of aliphatic hydroxyl groups is 1. The first-order chi connectivity index (χ1) is 7.04. The number of benzene rings is 1. The summed E-state index contributed by atoms with van der Waals surface area (Å²) in [5.41, 5.74) is 1.75. The third-order valence-electron chi connectivity index (χ3n) is 2.70. The molecule has 0 radical (unpaired) electrons. The molecule has 0 saturated carbocycles. The van der Waals surface area contributed by atoms with Gasteiger partial charge in [-0.1, -0.05) is 19.9 Å². The first kappa shape index (κ1) is 10.7. The molecule has 2 nitrogen and oxygen atoms in total. The van der Waals surface area contributed by atoms with Crippen LogP contribution in [-0.4, -0.2) is 11.7 Å². The van der Waals surface area contributed by atoms with Crippen LogP contribution in [0.3, 0.4) is 0 Å². The number of rotatable bonds is 2. The Balaban J connectivity index is 2.59. The minimum absolute atomic E-state index is 0.133. The molecule has 0 spiro atoms. The van der Waals surface area contributed by atoms with Gasteiger partial charge in [0.15, 0.2) is 0 Å². The van der Waals surface area contributed by atoms with Crippen molar-refractivity contribution in [2.45, 2.75) is 19.3 Å². The van der Waals surface area contributed by atoms with Gasteiger partial charge in [0, 0.05) is 10.8 Å². The smallest absolute Gasteiger partial charge is 0.135 e. The lowest BCUT2D eigenvalue weighted by Crippen LogP contribution is -2.21. The van der Waals surface area contributed by atoms with Gasteiger partial charge in [-0.3, -0.25) is 0 Å². The zero-order valence-electron chi connectivity index (χ0n) is 8.75. The minimum atomic E-state index is -0.217. The second kappa shape index (κ2) is 3.65. The number of hydrogen-bond acceptors (Lipinski definition) is 2. The number of halogens is 1. The van der Waals surface area contributed by atoms with E-state index in [1.807, 2.05) is 26.0 Å². The average Bonchev–Trinajstić information content (AvgIpc) is 2.60. The van der Waals surface area contributed by atoms with Crippen LogP contribution in [0, 0.1) is 0 Å². The van der Waals surface area contributed by atoms with Crippen molar-refractivity contribution in [2.24, 2.45) is 0 Å². The Morgan fingerprint density at radius 2 is 2.13 bits per heavy atom. The minimum Gasteiger partial charge on any atom is -0.463 e. The predicted molar refractivity (Wildman–Crippen MR) is 64.0 cm³/mol. The molecular formula is C12H13BrO2. The van der Waals surface area contributed by atoms with Gasteiger partial charge >= 0.3 is 0 Å². The van der Waals surface area contributed by atoms with Crippen LogP contribution in [0.5, 0.6) is 0 Å². The van der Waals surface area contributed by atoms with E-state index in [1.165, 1.54) is 0 Å². The van der Waals surface area contributed by atoms with E-state index in [4.69, 9.17) is 4.42 Å². The van der Waals surface area contributed by atoms with Crippen LogP contribution in [0.4, 0.5) is 0 Å². The van der Waals surface area contributed by atoms with E-state index in [9.17, 15) is 5.11 Å². The first-order valence-electron chi connectivity index (χ1n) is 4.83. The van der Waals surface area contributed by atoms with E-state index >= 15 is 0 Å². The van der Waals surface area contributed by atoms with Gasteiger partial charge in [-0.15, -0.1) is 0 Å². The maximum Gasteiger partial charge on any atom is 0.135 e. The van der Waals surface area contributed by atoms with Crippen LogP contribution in [0.25, 0.3) is 11.0 Å². The molecule has 15 heavy (non-hydrogen) atoms. The van der Waals surface area contributed by atoms with Crippen LogP contribution in [-0.2, 0) is 5.41 Å². The molecule has 1 aromatic carbocycles. The van der Waals surface area contributed by atoms with E-state index in [0.29, 0.717) is 0 Å². The summed E-state index contributed by atoms with van der Waals surface area (Å²) in [5.74, 6) is 0. The first-order valence-corrected chi connectivity index (χ1v) is 5.62. The number of aliphatic hydroxyl groups excluding tert-OH is 1. The third kappa shape index (κ3) is 1.82. The van der Waals surface area contributed by atoms with Gasteiger partial charge in [0.2, 0.25) is 0 Å². The molecule has 1 N–H and O–H groups in total. The van der Waals surface area contributed by atoms with Crippen molar-refractivity contribution in [3.63, 3.8) is 0 Å². The molecule has 0 saturated heterocycles. The highest BCUT2D eigenvalue weighted by Gasteiger charge is 2.20. The zero-order chi connectivity index (χ0) is 11.1. The zero-order valence-corrected chi connectivity index (χ0v) is 10.3. The molecule has 0 fully saturated rings. The summed E-state index contributed by atoms with van der Waals surface area (Å²) in [6.07, 6.45) is 1.68. The molecule has 0 bridgehead atoms. The van der Waals surface area contributed by atoms with Gasteiger partial charge < -0.3 is 9.52 Å². The Morgan fingerprint density at radius 3 is 2.80 bits per heavy atom. The van der Waals surface area contributed by atoms with Gasteiger partial charge in [-0.05, 0) is 33.6 Å². The van der Waals surface area contributed by atoms with Crippen LogP contribution < -0.4 is 0 Å². The third-order valence-corrected chi connectivity index (χ3v) is 3.32. The fourth-order valence-corrected chi connectivity index (χ4v) is 1.91. The largest absolute Gasteiger partial charge is 0.463 e. The Bertz CT molecular complexity index is 485. The van der Waals surface area contributed by atoms with Gasteiger partial charge in [0.05, 0.1) is 11.1 Å². The summed E-state index contributed by atoms with van der Waals surface area (Å²) in [4.78, 5) is 0. The maximum atomic E-state index is 9.30. The number of furan rings is 1. The lowest BCUT2D eigenvalue weighted by Gasteiger charge is -2.22. The van der Waals surface area contributed by atoms with E-state index in [1.54, 1.807) is 6.26 Å². The highest BCUT2D eigenvalue weighted by Crippen LogP contribution is 2.31. The second-order valence-corrected chi connectivity index (χ2v) is 5.19. The summed E-state index contributed by atoms with van der Waals surface area (Å²) in [5, 5.41) is 10.4. The molecule has 80 valence electrons. The standard InChI is InChI=1S/C12H13BrO2/c1-12(2,7-14)8-3-4-11-9(5-8)10(13)6-15-11/h3-6,14H,7H2,1-2H3. The van der Waals surface area contributed by atoms with Gasteiger partial charge in [-0.25, -0.2) is 0 Å². The van der Waals surface area contributed by atoms with Gasteiger partial charge in [0.25, 0.3) is 0 Å². The van der Waals surface area contributed by atoms with Crippen molar-refractivity contribution in [3.05, 3.63) is 34.5 Å². The molecule has 0 amide bonds. The predicted octanol–water partition coefficient (Wildman–Crippen LogP) is 3.47. The lowest BCUT2D eigenvalue weighted by atomic mass is 9.85. The monoisotopic (exact) mass is 268 g/mol. The summed E-state index contributed by atoms with van der Waals surface area (Å²) >= 11 is 3.43. The molecule has 2 rings (SSSR count). The highest BCUT2D eigenvalue weighted by atomic mass is 79.9. The summed E-state index contributed by atoms with van der Waals surface area (Å²) in [6, 6.07) is 5.99. The SMILES string of the molecule is CC(C)(CO)c1ccc2occ(Br)c2c1. The molecule has 0 atom stereocenters. The molecule has 0 unspecified atom stereocenters. The fraction of sp³-hybridized carbons (Fsp3) is 0.333. The Morgan fingerprint density at radius 1 is 1.40 bits per heavy atom. The molecule has 0 aliphatic carbocycles. The normalized spacial score (nSPS) is 12.3. The lowest BCUT2D eigenvalue weighted by molar-refractivity contribution is 0.218. The van der Waals surface area contributed by atoms with Crippen LogP contribution in [0.2, 0.25) is 0 Å². The van der Waals surface area contributed by atoms with E-state index in [0.717, 1.165) is 21.0 Å². The van der Waals surface area contributed by atoms with Gasteiger partial charge in [-0.2, -0.15) is 0 Å². The molecule has 1 aromatic heterocycles. The van der Waals surface area contributed by atoms with Crippen molar-refractivity contribution in [1.82, 2.24) is 0 Å². The van der Waals surface area contributed by atoms with Gasteiger partial charge in [0.1, 0.15) is 11.8 Å². The Hall–Kier alpha value is -0.800. The molecule has 0 aliphatic heterocycles. The van der Waals surface area contributed by atoms with Crippen molar-refractivity contribution in [2.75, 3.05) is 6.61 Å². The average molecular weight is 269 g/mol. The maximum absolute atomic E-state index is 9.30. The summed E-state index contributed by atoms with van der Waals surface area (Å²) < 4.78 is 6.29.